The van der Waals surface area contributed by atoms with Crippen LogP contribution in [0, 0.1) is 18.6 Å². The summed E-state index contributed by atoms with van der Waals surface area (Å²) >= 11 is 3.20. The van der Waals surface area contributed by atoms with Crippen LogP contribution in [0.3, 0.4) is 0 Å². The highest BCUT2D eigenvalue weighted by molar-refractivity contribution is 9.10. The molecule has 2 nitrogen and oxygen atoms in total. The number of nitrogens with zero attached hydrogens (tertiary/aromatic N) is 1. The van der Waals surface area contributed by atoms with Gasteiger partial charge in [-0.3, -0.25) is 0 Å². The van der Waals surface area contributed by atoms with E-state index in [1.165, 1.54) is 6.92 Å². The molecule has 0 radical (unpaired) electrons. The Balaban J connectivity index is 2.33. The minimum Gasteiger partial charge on any atom is -0.338 e. The zero-order valence-corrected chi connectivity index (χ0v) is 10.6. The van der Waals surface area contributed by atoms with Crippen molar-refractivity contribution in [3.8, 4) is 0 Å². The maximum atomic E-state index is 13.5. The van der Waals surface area contributed by atoms with E-state index in [2.05, 4.69) is 26.2 Å². The Kier molecular flexibility index (Phi) is 3.38. The Morgan fingerprint density at radius 2 is 1.94 bits per heavy atom. The molecule has 0 fully saturated rings. The van der Waals surface area contributed by atoms with E-state index in [0.29, 0.717) is 10.4 Å². The van der Waals surface area contributed by atoms with Crippen LogP contribution >= 0.6 is 15.9 Å². The summed E-state index contributed by atoms with van der Waals surface area (Å²) in [4.78, 5) is 4.08. The van der Waals surface area contributed by atoms with Crippen molar-refractivity contribution < 1.29 is 8.78 Å². The quantitative estimate of drug-likeness (QED) is 0.842. The lowest BCUT2D eigenvalue weighted by Gasteiger charge is -2.08. The smallest absolute Gasteiger partial charge is 0.147 e. The van der Waals surface area contributed by atoms with Gasteiger partial charge in [0, 0.05) is 6.07 Å². The molecule has 0 atom stereocenters. The van der Waals surface area contributed by atoms with Gasteiger partial charge in [0.1, 0.15) is 22.1 Å². The van der Waals surface area contributed by atoms with E-state index in [9.17, 15) is 8.78 Å². The summed E-state index contributed by atoms with van der Waals surface area (Å²) in [5.41, 5.74) is 0.342. The predicted octanol–water partition coefficient (Wildman–Crippen LogP) is 4.17. The number of halogens is 3. The highest BCUT2D eigenvalue weighted by atomic mass is 79.9. The standard InChI is InChI=1S/C12H9BrF2N2/c1-7-5-9(15)10(6-8(7)14)16-12-4-2-3-11(13)17-12/h2-6H,1H3,(H,16,17). The number of aryl methyl sites for hydroxylation is 1. The molecule has 0 saturated carbocycles. The maximum absolute atomic E-state index is 13.5. The van der Waals surface area contributed by atoms with E-state index in [0.717, 1.165) is 12.1 Å². The first-order valence-electron chi connectivity index (χ1n) is 4.91. The maximum Gasteiger partial charge on any atom is 0.147 e. The summed E-state index contributed by atoms with van der Waals surface area (Å²) in [5.74, 6) is -0.517. The van der Waals surface area contributed by atoms with Crippen LogP contribution in [0.5, 0.6) is 0 Å². The van der Waals surface area contributed by atoms with E-state index in [1.54, 1.807) is 18.2 Å². The van der Waals surface area contributed by atoms with Crippen molar-refractivity contribution in [2.24, 2.45) is 0 Å². The van der Waals surface area contributed by atoms with Gasteiger partial charge in [-0.25, -0.2) is 13.8 Å². The van der Waals surface area contributed by atoms with Crippen LogP contribution in [0.25, 0.3) is 0 Å². The largest absolute Gasteiger partial charge is 0.338 e. The zero-order valence-electron chi connectivity index (χ0n) is 8.97. The summed E-state index contributed by atoms with van der Waals surface area (Å²) in [5, 5.41) is 2.72. The van der Waals surface area contributed by atoms with Gasteiger partial charge in [0.15, 0.2) is 0 Å². The molecule has 17 heavy (non-hydrogen) atoms. The first kappa shape index (κ1) is 12.0. The Morgan fingerprint density at radius 3 is 2.65 bits per heavy atom. The lowest BCUT2D eigenvalue weighted by atomic mass is 10.2. The summed E-state index contributed by atoms with van der Waals surface area (Å²) in [6.45, 7) is 1.51. The molecule has 1 aromatic carbocycles. The number of hydrogen-bond acceptors (Lipinski definition) is 2. The van der Waals surface area contributed by atoms with Crippen molar-refractivity contribution in [2.75, 3.05) is 5.32 Å². The van der Waals surface area contributed by atoms with Gasteiger partial charge < -0.3 is 5.32 Å². The minimum atomic E-state index is -0.509. The average Bonchev–Trinajstić information content (AvgIpc) is 2.26. The van der Waals surface area contributed by atoms with Crippen LogP contribution in [0.4, 0.5) is 20.3 Å². The number of rotatable bonds is 2. The Morgan fingerprint density at radius 1 is 1.18 bits per heavy atom. The third-order valence-corrected chi connectivity index (χ3v) is 2.67. The fourth-order valence-electron chi connectivity index (χ4n) is 1.36. The van der Waals surface area contributed by atoms with Gasteiger partial charge in [-0.05, 0) is 46.6 Å². The van der Waals surface area contributed by atoms with Crippen LogP contribution in [-0.4, -0.2) is 4.98 Å². The molecule has 0 bridgehead atoms. The predicted molar refractivity (Wildman–Crippen MR) is 66.3 cm³/mol. The number of nitrogens with one attached hydrogen (secondary N) is 1. The van der Waals surface area contributed by atoms with Crippen molar-refractivity contribution in [2.45, 2.75) is 6.92 Å². The molecule has 2 rings (SSSR count). The van der Waals surface area contributed by atoms with Gasteiger partial charge in [-0.15, -0.1) is 0 Å². The number of hydrogen-bond donors (Lipinski definition) is 1. The Labute approximate surface area is 106 Å². The lowest BCUT2D eigenvalue weighted by Crippen LogP contribution is -1.98. The summed E-state index contributed by atoms with van der Waals surface area (Å²) < 4.78 is 27.5. The second kappa shape index (κ2) is 4.79. The Hall–Kier alpha value is -1.49. The van der Waals surface area contributed by atoms with Crippen LogP contribution in [0.15, 0.2) is 34.9 Å². The number of aromatic nitrogens is 1. The molecule has 0 aliphatic rings. The molecule has 0 aliphatic carbocycles. The zero-order chi connectivity index (χ0) is 12.4. The monoisotopic (exact) mass is 298 g/mol. The molecule has 2 aromatic rings. The molecule has 0 unspecified atom stereocenters. The molecule has 1 heterocycles. The fourth-order valence-corrected chi connectivity index (χ4v) is 1.70. The highest BCUT2D eigenvalue weighted by Crippen LogP contribution is 2.22. The van der Waals surface area contributed by atoms with Crippen LogP contribution < -0.4 is 5.32 Å². The van der Waals surface area contributed by atoms with Crippen LogP contribution in [0.1, 0.15) is 5.56 Å². The van der Waals surface area contributed by atoms with E-state index >= 15 is 0 Å². The molecule has 0 saturated heterocycles. The van der Waals surface area contributed by atoms with Crippen molar-refractivity contribution >= 4 is 27.4 Å². The third-order valence-electron chi connectivity index (χ3n) is 2.23. The van der Waals surface area contributed by atoms with Crippen molar-refractivity contribution in [3.63, 3.8) is 0 Å². The molecule has 0 amide bonds. The normalized spacial score (nSPS) is 10.4. The van der Waals surface area contributed by atoms with Gasteiger partial charge in [0.25, 0.3) is 0 Å². The van der Waals surface area contributed by atoms with E-state index in [1.807, 2.05) is 0 Å². The van der Waals surface area contributed by atoms with E-state index < -0.39 is 11.6 Å². The molecular formula is C12H9BrF2N2. The second-order valence-electron chi connectivity index (χ2n) is 3.55. The summed E-state index contributed by atoms with van der Waals surface area (Å²) in [7, 11) is 0. The van der Waals surface area contributed by atoms with Crippen LogP contribution in [-0.2, 0) is 0 Å². The first-order valence-corrected chi connectivity index (χ1v) is 5.71. The minimum absolute atomic E-state index is 0.0682. The number of pyridine rings is 1. The molecule has 0 aliphatic heterocycles. The number of anilines is 2. The van der Waals surface area contributed by atoms with Crippen molar-refractivity contribution in [3.05, 3.63) is 52.1 Å². The fraction of sp³-hybridized carbons (Fsp3) is 0.0833. The van der Waals surface area contributed by atoms with Gasteiger partial charge in [0.05, 0.1) is 5.69 Å². The highest BCUT2D eigenvalue weighted by Gasteiger charge is 2.07. The molecule has 88 valence electrons. The Bertz CT molecular complexity index is 558. The average molecular weight is 299 g/mol. The molecule has 5 heteroatoms. The second-order valence-corrected chi connectivity index (χ2v) is 4.36. The van der Waals surface area contributed by atoms with Gasteiger partial charge in [-0.1, -0.05) is 6.07 Å². The SMILES string of the molecule is Cc1cc(F)c(Nc2cccc(Br)n2)cc1F. The molecule has 0 spiro atoms. The van der Waals surface area contributed by atoms with Gasteiger partial charge in [0.2, 0.25) is 0 Å². The van der Waals surface area contributed by atoms with E-state index in [4.69, 9.17) is 0 Å². The molecular weight excluding hydrogens is 290 g/mol. The third kappa shape index (κ3) is 2.79. The van der Waals surface area contributed by atoms with E-state index in [-0.39, 0.29) is 11.3 Å². The first-order chi connectivity index (χ1) is 8.06. The summed E-state index contributed by atoms with van der Waals surface area (Å²) in [6.07, 6.45) is 0. The van der Waals surface area contributed by atoms with Crippen molar-refractivity contribution in [1.82, 2.24) is 4.98 Å². The number of benzene rings is 1. The van der Waals surface area contributed by atoms with Gasteiger partial charge in [-0.2, -0.15) is 0 Å². The summed E-state index contributed by atoms with van der Waals surface area (Å²) in [6, 6.07) is 7.43. The van der Waals surface area contributed by atoms with Gasteiger partial charge >= 0.3 is 0 Å². The van der Waals surface area contributed by atoms with Crippen molar-refractivity contribution in [1.29, 1.82) is 0 Å². The molecule has 1 aromatic heterocycles. The lowest BCUT2D eigenvalue weighted by molar-refractivity contribution is 0.595. The topological polar surface area (TPSA) is 24.9 Å². The molecule has 1 N–H and O–H groups in total. The van der Waals surface area contributed by atoms with Crippen LogP contribution in [0.2, 0.25) is 0 Å².